The molecule has 2 aromatic rings. The third kappa shape index (κ3) is 2.49. The molecule has 6 heteroatoms. The average Bonchev–Trinajstić information content (AvgIpc) is 2.90. The Balaban J connectivity index is 1.99. The number of amidine groups is 1. The minimum atomic E-state index is -0.531. The first kappa shape index (κ1) is 14.4. The van der Waals surface area contributed by atoms with E-state index in [0.29, 0.717) is 23.3 Å². The van der Waals surface area contributed by atoms with Crippen LogP contribution in [0.15, 0.2) is 30.3 Å². The second kappa shape index (κ2) is 5.32. The van der Waals surface area contributed by atoms with Gasteiger partial charge in [0.1, 0.15) is 23.5 Å². The number of halogens is 2. The van der Waals surface area contributed by atoms with E-state index in [4.69, 9.17) is 32.7 Å². The fourth-order valence-electron chi connectivity index (χ4n) is 2.48. The van der Waals surface area contributed by atoms with Gasteiger partial charge in [-0.25, -0.2) is 4.39 Å². The Kier molecular flexibility index (Phi) is 3.47. The van der Waals surface area contributed by atoms with Crippen molar-refractivity contribution in [2.24, 2.45) is 5.73 Å². The number of ether oxygens (including phenoxy) is 1. The summed E-state index contributed by atoms with van der Waals surface area (Å²) in [7, 11) is 0. The molecule has 3 N–H and O–H groups in total. The number of nitrogens with two attached hydrogens (primary N) is 1. The van der Waals surface area contributed by atoms with Crippen molar-refractivity contribution in [1.29, 1.82) is 10.7 Å². The van der Waals surface area contributed by atoms with Gasteiger partial charge in [-0.3, -0.25) is 5.41 Å². The zero-order chi connectivity index (χ0) is 15.9. The van der Waals surface area contributed by atoms with Gasteiger partial charge in [-0.1, -0.05) is 11.6 Å². The van der Waals surface area contributed by atoms with Crippen molar-refractivity contribution in [1.82, 2.24) is 0 Å². The summed E-state index contributed by atoms with van der Waals surface area (Å²) in [4.78, 5) is 0. The largest absolute Gasteiger partial charge is 0.485 e. The summed E-state index contributed by atoms with van der Waals surface area (Å²) in [5.41, 5.74) is 7.87. The molecule has 2 aromatic carbocycles. The fourth-order valence-corrected chi connectivity index (χ4v) is 2.66. The lowest BCUT2D eigenvalue weighted by Gasteiger charge is -2.13. The lowest BCUT2D eigenvalue weighted by Crippen LogP contribution is -2.13. The van der Waals surface area contributed by atoms with Crippen molar-refractivity contribution in [3.63, 3.8) is 0 Å². The molecule has 1 heterocycles. The van der Waals surface area contributed by atoms with Crippen molar-refractivity contribution in [3.8, 4) is 11.8 Å². The van der Waals surface area contributed by atoms with Gasteiger partial charge in [0.2, 0.25) is 0 Å². The van der Waals surface area contributed by atoms with Crippen LogP contribution in [-0.4, -0.2) is 5.84 Å². The van der Waals surface area contributed by atoms with Crippen molar-refractivity contribution in [3.05, 3.63) is 63.4 Å². The van der Waals surface area contributed by atoms with Crippen LogP contribution in [-0.2, 0) is 6.42 Å². The Hall–Kier alpha value is -2.58. The molecule has 3 rings (SSSR count). The molecular formula is C16H11ClFN3O. The molecule has 4 nitrogen and oxygen atoms in total. The van der Waals surface area contributed by atoms with E-state index in [1.165, 1.54) is 6.07 Å². The van der Waals surface area contributed by atoms with Crippen LogP contribution in [0.1, 0.15) is 28.4 Å². The number of fused-ring (bicyclic) bond motifs is 1. The van der Waals surface area contributed by atoms with Gasteiger partial charge in [0.05, 0.1) is 16.7 Å². The Morgan fingerprint density at radius 2 is 2.14 bits per heavy atom. The summed E-state index contributed by atoms with van der Waals surface area (Å²) < 4.78 is 19.2. The van der Waals surface area contributed by atoms with E-state index in [1.54, 1.807) is 24.3 Å². The topological polar surface area (TPSA) is 82.9 Å². The fraction of sp³-hybridized carbons (Fsp3) is 0.125. The molecule has 0 saturated heterocycles. The monoisotopic (exact) mass is 315 g/mol. The molecule has 0 bridgehead atoms. The summed E-state index contributed by atoms with van der Waals surface area (Å²) >= 11 is 5.78. The van der Waals surface area contributed by atoms with E-state index >= 15 is 0 Å². The molecule has 0 aliphatic carbocycles. The third-order valence-corrected chi connectivity index (χ3v) is 3.83. The number of nitrogen functional groups attached to an aromatic ring is 1. The molecule has 0 radical (unpaired) electrons. The first-order valence-corrected chi connectivity index (χ1v) is 6.90. The minimum absolute atomic E-state index is 0.0539. The van der Waals surface area contributed by atoms with Crippen molar-refractivity contribution >= 4 is 17.4 Å². The number of nitrogens with zero attached hydrogens (tertiary/aromatic N) is 1. The second-order valence-corrected chi connectivity index (χ2v) is 5.46. The van der Waals surface area contributed by atoms with Gasteiger partial charge in [0.15, 0.2) is 0 Å². The molecule has 1 atom stereocenters. The van der Waals surface area contributed by atoms with Gasteiger partial charge in [-0.15, -0.1) is 0 Å². The predicted octanol–water partition coefficient (Wildman–Crippen LogP) is 3.31. The Morgan fingerprint density at radius 1 is 1.36 bits per heavy atom. The van der Waals surface area contributed by atoms with Gasteiger partial charge in [-0.05, 0) is 35.4 Å². The SMILES string of the molecule is N#Cc1cc(C(=N)N)cc(C2Cc3cc(Cl)c(F)cc3O2)c1. The summed E-state index contributed by atoms with van der Waals surface area (Å²) in [5, 5.41) is 16.7. The number of nitriles is 1. The highest BCUT2D eigenvalue weighted by Gasteiger charge is 2.26. The van der Waals surface area contributed by atoms with Crippen LogP contribution in [0.2, 0.25) is 5.02 Å². The standard InChI is InChI=1S/C16H11ClFN3O/c17-12-4-10-5-14(22-15(10)6-13(12)18)9-1-8(7-19)2-11(3-9)16(20)21/h1-4,6,14H,5H2,(H3,20,21). The zero-order valence-corrected chi connectivity index (χ0v) is 12.1. The molecule has 0 spiro atoms. The maximum absolute atomic E-state index is 13.5. The first-order valence-electron chi connectivity index (χ1n) is 6.52. The molecule has 0 amide bonds. The van der Waals surface area contributed by atoms with Crippen molar-refractivity contribution in [2.75, 3.05) is 0 Å². The molecule has 1 unspecified atom stereocenters. The highest BCUT2D eigenvalue weighted by Crippen LogP contribution is 2.39. The lowest BCUT2D eigenvalue weighted by atomic mass is 9.99. The van der Waals surface area contributed by atoms with E-state index in [0.717, 1.165) is 11.1 Å². The van der Waals surface area contributed by atoms with E-state index in [-0.39, 0.29) is 17.0 Å². The predicted molar refractivity (Wildman–Crippen MR) is 80.7 cm³/mol. The van der Waals surface area contributed by atoms with Crippen LogP contribution in [0.3, 0.4) is 0 Å². The van der Waals surface area contributed by atoms with Gasteiger partial charge in [0.25, 0.3) is 0 Å². The molecular weight excluding hydrogens is 305 g/mol. The Morgan fingerprint density at radius 3 is 2.82 bits per heavy atom. The maximum Gasteiger partial charge on any atom is 0.145 e. The Bertz CT molecular complexity index is 798. The number of hydrogen-bond acceptors (Lipinski definition) is 3. The Labute approximate surface area is 131 Å². The first-order chi connectivity index (χ1) is 10.5. The van der Waals surface area contributed by atoms with E-state index in [9.17, 15) is 4.39 Å². The van der Waals surface area contributed by atoms with Gasteiger partial charge >= 0.3 is 0 Å². The van der Waals surface area contributed by atoms with Crippen LogP contribution in [0.4, 0.5) is 4.39 Å². The molecule has 0 saturated carbocycles. The van der Waals surface area contributed by atoms with Crippen LogP contribution in [0.25, 0.3) is 0 Å². The van der Waals surface area contributed by atoms with Crippen molar-refractivity contribution in [2.45, 2.75) is 12.5 Å². The average molecular weight is 316 g/mol. The van der Waals surface area contributed by atoms with Crippen LogP contribution in [0.5, 0.6) is 5.75 Å². The molecule has 1 aliphatic heterocycles. The number of hydrogen-bond donors (Lipinski definition) is 2. The van der Waals surface area contributed by atoms with E-state index in [2.05, 4.69) is 0 Å². The highest BCUT2D eigenvalue weighted by atomic mass is 35.5. The van der Waals surface area contributed by atoms with Crippen molar-refractivity contribution < 1.29 is 9.13 Å². The number of rotatable bonds is 2. The maximum atomic E-state index is 13.5. The van der Waals surface area contributed by atoms with Crippen LogP contribution >= 0.6 is 11.6 Å². The van der Waals surface area contributed by atoms with Gasteiger partial charge < -0.3 is 10.5 Å². The van der Waals surface area contributed by atoms with Crippen LogP contribution in [0, 0.1) is 22.6 Å². The quantitative estimate of drug-likeness (QED) is 0.658. The van der Waals surface area contributed by atoms with Gasteiger partial charge in [0, 0.05) is 18.1 Å². The molecule has 1 aliphatic rings. The summed E-state index contributed by atoms with van der Waals surface area (Å²) in [5.74, 6) is -0.210. The normalized spacial score (nSPS) is 15.8. The number of benzene rings is 2. The molecule has 0 fully saturated rings. The zero-order valence-electron chi connectivity index (χ0n) is 11.4. The smallest absolute Gasteiger partial charge is 0.145 e. The molecule has 22 heavy (non-hydrogen) atoms. The minimum Gasteiger partial charge on any atom is -0.485 e. The van der Waals surface area contributed by atoms with E-state index < -0.39 is 5.82 Å². The third-order valence-electron chi connectivity index (χ3n) is 3.55. The van der Waals surface area contributed by atoms with Crippen LogP contribution < -0.4 is 10.5 Å². The summed E-state index contributed by atoms with van der Waals surface area (Å²) in [6.45, 7) is 0. The highest BCUT2D eigenvalue weighted by molar-refractivity contribution is 6.30. The second-order valence-electron chi connectivity index (χ2n) is 5.05. The number of nitrogens with one attached hydrogen (secondary N) is 1. The molecule has 110 valence electrons. The molecule has 0 aromatic heterocycles. The van der Waals surface area contributed by atoms with E-state index in [1.807, 2.05) is 6.07 Å². The van der Waals surface area contributed by atoms with Gasteiger partial charge in [-0.2, -0.15) is 5.26 Å². The summed E-state index contributed by atoms with van der Waals surface area (Å²) in [6, 6.07) is 9.78. The lowest BCUT2D eigenvalue weighted by molar-refractivity contribution is 0.238. The summed E-state index contributed by atoms with van der Waals surface area (Å²) in [6.07, 6.45) is 0.154.